The molecule has 0 amide bonds. The Kier molecular flexibility index (Phi) is 7.35. The second-order valence-corrected chi connectivity index (χ2v) is 7.34. The van der Waals surface area contributed by atoms with Crippen LogP contribution in [0.1, 0.15) is 46.1 Å². The van der Waals surface area contributed by atoms with Crippen molar-refractivity contribution >= 4 is 10.0 Å². The molecule has 1 aromatic rings. The number of sulfonamides is 1. The van der Waals surface area contributed by atoms with Crippen LogP contribution in [-0.4, -0.2) is 21.0 Å². The highest BCUT2D eigenvalue weighted by atomic mass is 32.2. The van der Waals surface area contributed by atoms with Crippen LogP contribution in [0.25, 0.3) is 0 Å². The summed E-state index contributed by atoms with van der Waals surface area (Å²) in [5.74, 6) is 0.514. The molecule has 0 aromatic heterocycles. The standard InChI is InChI=1S/C16H28N2O2S/c1-5-13(3)11-14(4)18-21(19,20)16-10-8-7-9-15(16)12-17-6-2/h7-10,13-14,17-18H,5-6,11-12H2,1-4H3. The monoisotopic (exact) mass is 312 g/mol. The molecule has 0 saturated carbocycles. The molecule has 120 valence electrons. The molecule has 0 radical (unpaired) electrons. The molecular formula is C16H28N2O2S. The van der Waals surface area contributed by atoms with E-state index in [9.17, 15) is 8.42 Å². The quantitative estimate of drug-likeness (QED) is 0.737. The van der Waals surface area contributed by atoms with Crippen molar-refractivity contribution in [3.05, 3.63) is 29.8 Å². The van der Waals surface area contributed by atoms with Crippen LogP contribution in [0.5, 0.6) is 0 Å². The fourth-order valence-electron chi connectivity index (χ4n) is 2.32. The van der Waals surface area contributed by atoms with E-state index in [1.165, 1.54) is 0 Å². The molecule has 0 heterocycles. The van der Waals surface area contributed by atoms with Crippen LogP contribution in [0, 0.1) is 5.92 Å². The Hall–Kier alpha value is -0.910. The molecule has 0 aliphatic rings. The molecule has 21 heavy (non-hydrogen) atoms. The predicted molar refractivity (Wildman–Crippen MR) is 87.7 cm³/mol. The van der Waals surface area contributed by atoms with Gasteiger partial charge in [0.05, 0.1) is 4.90 Å². The molecule has 0 spiro atoms. The summed E-state index contributed by atoms with van der Waals surface area (Å²) in [5.41, 5.74) is 0.808. The third-order valence-electron chi connectivity index (χ3n) is 3.64. The molecule has 1 aromatic carbocycles. The van der Waals surface area contributed by atoms with Gasteiger partial charge in [0, 0.05) is 12.6 Å². The van der Waals surface area contributed by atoms with Gasteiger partial charge in [0.15, 0.2) is 0 Å². The first kappa shape index (κ1) is 18.1. The lowest BCUT2D eigenvalue weighted by Crippen LogP contribution is -2.34. The summed E-state index contributed by atoms with van der Waals surface area (Å²) in [6, 6.07) is 7.11. The minimum Gasteiger partial charge on any atom is -0.313 e. The third kappa shape index (κ3) is 5.77. The van der Waals surface area contributed by atoms with E-state index in [1.807, 2.05) is 26.0 Å². The number of nitrogens with one attached hydrogen (secondary N) is 2. The van der Waals surface area contributed by atoms with Crippen LogP contribution >= 0.6 is 0 Å². The first-order chi connectivity index (χ1) is 9.90. The fourth-order valence-corrected chi connectivity index (χ4v) is 3.81. The first-order valence-electron chi connectivity index (χ1n) is 7.71. The van der Waals surface area contributed by atoms with Gasteiger partial charge in [0.1, 0.15) is 0 Å². The van der Waals surface area contributed by atoms with Gasteiger partial charge in [-0.3, -0.25) is 0 Å². The maximum atomic E-state index is 12.6. The Bertz CT molecular complexity index is 529. The lowest BCUT2D eigenvalue weighted by Gasteiger charge is -2.19. The first-order valence-corrected chi connectivity index (χ1v) is 9.20. The summed E-state index contributed by atoms with van der Waals surface area (Å²) in [7, 11) is -3.46. The molecule has 0 aliphatic heterocycles. The highest BCUT2D eigenvalue weighted by Crippen LogP contribution is 2.17. The molecule has 5 heteroatoms. The van der Waals surface area contributed by atoms with Crippen LogP contribution in [0.4, 0.5) is 0 Å². The van der Waals surface area contributed by atoms with Crippen LogP contribution in [0.3, 0.4) is 0 Å². The van der Waals surface area contributed by atoms with E-state index >= 15 is 0 Å². The molecule has 2 N–H and O–H groups in total. The number of hydrogen-bond acceptors (Lipinski definition) is 3. The van der Waals surface area contributed by atoms with E-state index < -0.39 is 10.0 Å². The maximum Gasteiger partial charge on any atom is 0.241 e. The molecule has 0 bridgehead atoms. The summed E-state index contributed by atoms with van der Waals surface area (Å²) in [5, 5.41) is 3.18. The summed E-state index contributed by atoms with van der Waals surface area (Å²) < 4.78 is 27.9. The highest BCUT2D eigenvalue weighted by Gasteiger charge is 2.21. The van der Waals surface area contributed by atoms with Crippen molar-refractivity contribution in [1.82, 2.24) is 10.0 Å². The van der Waals surface area contributed by atoms with Gasteiger partial charge in [-0.15, -0.1) is 0 Å². The van der Waals surface area contributed by atoms with E-state index in [4.69, 9.17) is 0 Å². The molecule has 0 saturated heterocycles. The predicted octanol–water partition coefficient (Wildman–Crippen LogP) is 2.90. The zero-order valence-electron chi connectivity index (χ0n) is 13.5. The van der Waals surface area contributed by atoms with E-state index in [0.29, 0.717) is 17.4 Å². The van der Waals surface area contributed by atoms with Crippen LogP contribution in [0.15, 0.2) is 29.2 Å². The summed E-state index contributed by atoms with van der Waals surface area (Å²) in [6.45, 7) is 9.57. The second-order valence-electron chi connectivity index (χ2n) is 5.66. The van der Waals surface area contributed by atoms with Crippen molar-refractivity contribution in [2.45, 2.75) is 58.0 Å². The van der Waals surface area contributed by atoms with E-state index in [2.05, 4.69) is 23.9 Å². The zero-order chi connectivity index (χ0) is 15.9. The number of hydrogen-bond donors (Lipinski definition) is 2. The summed E-state index contributed by atoms with van der Waals surface area (Å²) >= 11 is 0. The van der Waals surface area contributed by atoms with Crippen molar-refractivity contribution in [1.29, 1.82) is 0 Å². The van der Waals surface area contributed by atoms with E-state index in [0.717, 1.165) is 24.9 Å². The molecule has 0 aliphatic carbocycles. The molecule has 2 atom stereocenters. The minimum atomic E-state index is -3.46. The Morgan fingerprint density at radius 1 is 1.14 bits per heavy atom. The van der Waals surface area contributed by atoms with Crippen molar-refractivity contribution < 1.29 is 8.42 Å². The average Bonchev–Trinajstić information content (AvgIpc) is 2.44. The Morgan fingerprint density at radius 3 is 2.43 bits per heavy atom. The Balaban J connectivity index is 2.87. The maximum absolute atomic E-state index is 12.6. The van der Waals surface area contributed by atoms with Gasteiger partial charge in [-0.1, -0.05) is 45.4 Å². The largest absolute Gasteiger partial charge is 0.313 e. The Morgan fingerprint density at radius 2 is 1.81 bits per heavy atom. The van der Waals surface area contributed by atoms with E-state index in [1.54, 1.807) is 12.1 Å². The van der Waals surface area contributed by atoms with Crippen molar-refractivity contribution in [3.8, 4) is 0 Å². The summed E-state index contributed by atoms with van der Waals surface area (Å²) in [4.78, 5) is 0.377. The number of rotatable bonds is 9. The van der Waals surface area contributed by atoms with Gasteiger partial charge in [-0.05, 0) is 37.4 Å². The molecule has 4 nitrogen and oxygen atoms in total. The van der Waals surface area contributed by atoms with Crippen molar-refractivity contribution in [2.75, 3.05) is 6.54 Å². The molecule has 1 rings (SSSR count). The van der Waals surface area contributed by atoms with Crippen LogP contribution in [0.2, 0.25) is 0 Å². The average molecular weight is 312 g/mol. The normalized spacial score (nSPS) is 14.9. The minimum absolute atomic E-state index is 0.0582. The molecule has 0 fully saturated rings. The smallest absolute Gasteiger partial charge is 0.241 e. The highest BCUT2D eigenvalue weighted by molar-refractivity contribution is 7.89. The van der Waals surface area contributed by atoms with Gasteiger partial charge in [-0.25, -0.2) is 13.1 Å². The topological polar surface area (TPSA) is 58.2 Å². The van der Waals surface area contributed by atoms with Gasteiger partial charge in [-0.2, -0.15) is 0 Å². The van der Waals surface area contributed by atoms with Crippen molar-refractivity contribution in [2.24, 2.45) is 5.92 Å². The van der Waals surface area contributed by atoms with Gasteiger partial charge in [0.25, 0.3) is 0 Å². The fraction of sp³-hybridized carbons (Fsp3) is 0.625. The third-order valence-corrected chi connectivity index (χ3v) is 5.33. The van der Waals surface area contributed by atoms with Gasteiger partial charge < -0.3 is 5.32 Å². The zero-order valence-corrected chi connectivity index (χ0v) is 14.3. The van der Waals surface area contributed by atoms with Gasteiger partial charge >= 0.3 is 0 Å². The SMILES string of the molecule is CCNCc1ccccc1S(=O)(=O)NC(C)CC(C)CC. The molecular weight excluding hydrogens is 284 g/mol. The van der Waals surface area contributed by atoms with E-state index in [-0.39, 0.29) is 6.04 Å². The summed E-state index contributed by atoms with van der Waals surface area (Å²) in [6.07, 6.45) is 1.91. The second kappa shape index (κ2) is 8.51. The number of benzene rings is 1. The van der Waals surface area contributed by atoms with Crippen molar-refractivity contribution in [3.63, 3.8) is 0 Å². The van der Waals surface area contributed by atoms with Crippen LogP contribution in [-0.2, 0) is 16.6 Å². The van der Waals surface area contributed by atoms with Crippen LogP contribution < -0.4 is 10.0 Å². The lowest BCUT2D eigenvalue weighted by atomic mass is 10.0. The van der Waals surface area contributed by atoms with Gasteiger partial charge in [0.2, 0.25) is 10.0 Å². The lowest BCUT2D eigenvalue weighted by molar-refractivity contribution is 0.445. The Labute approximate surface area is 129 Å². The molecule has 2 unspecified atom stereocenters.